The number of benzene rings is 1. The van der Waals surface area contributed by atoms with Crippen molar-refractivity contribution in [3.63, 3.8) is 0 Å². The number of thioether (sulfide) groups is 1. The van der Waals surface area contributed by atoms with Gasteiger partial charge in [0, 0.05) is 12.1 Å². The second-order valence-corrected chi connectivity index (χ2v) is 6.07. The number of fused-ring (bicyclic) bond motifs is 1. The van der Waals surface area contributed by atoms with Crippen molar-refractivity contribution in [2.45, 2.75) is 11.9 Å². The highest BCUT2D eigenvalue weighted by Crippen LogP contribution is 2.21. The highest BCUT2D eigenvalue weighted by Gasteiger charge is 2.10. The summed E-state index contributed by atoms with van der Waals surface area (Å²) >= 11 is 1.24. The number of nitrogens with zero attached hydrogens (tertiary/aromatic N) is 5. The molecule has 0 saturated carbocycles. The maximum Gasteiger partial charge on any atom is 0.269 e. The molecule has 0 saturated heterocycles. The fraction of sp³-hybridized carbons (Fsp3) is 0.133. The summed E-state index contributed by atoms with van der Waals surface area (Å²) in [6.07, 6.45) is 2.90. The molecule has 26 heavy (non-hydrogen) atoms. The third-order valence-corrected chi connectivity index (χ3v) is 4.36. The third-order valence-electron chi connectivity index (χ3n) is 3.37. The average Bonchev–Trinajstić information content (AvgIpc) is 3.13. The third kappa shape index (κ3) is 4.00. The summed E-state index contributed by atoms with van der Waals surface area (Å²) in [7, 11) is 0. The molecule has 10 nitrogen and oxygen atoms in total. The summed E-state index contributed by atoms with van der Waals surface area (Å²) in [5.74, 6) is -0.190. The first-order valence-corrected chi connectivity index (χ1v) is 8.38. The first-order valence-electron chi connectivity index (χ1n) is 7.39. The highest BCUT2D eigenvalue weighted by atomic mass is 32.2. The van der Waals surface area contributed by atoms with Crippen LogP contribution in [-0.2, 0) is 4.79 Å². The zero-order chi connectivity index (χ0) is 18.5. The Bertz CT molecular complexity index is 984. The van der Waals surface area contributed by atoms with Crippen molar-refractivity contribution in [1.82, 2.24) is 25.4 Å². The fourth-order valence-electron chi connectivity index (χ4n) is 2.05. The summed E-state index contributed by atoms with van der Waals surface area (Å²) in [4.78, 5) is 37.2. The number of imidazole rings is 1. The van der Waals surface area contributed by atoms with E-state index in [-0.39, 0.29) is 17.3 Å². The van der Waals surface area contributed by atoms with Gasteiger partial charge in [-0.25, -0.2) is 20.4 Å². The van der Waals surface area contributed by atoms with Crippen LogP contribution in [0.5, 0.6) is 0 Å². The molecule has 0 spiro atoms. The Morgan fingerprint density at radius 1 is 1.31 bits per heavy atom. The van der Waals surface area contributed by atoms with Gasteiger partial charge in [-0.1, -0.05) is 11.8 Å². The van der Waals surface area contributed by atoms with Gasteiger partial charge in [0.15, 0.2) is 5.65 Å². The SMILES string of the molecule is CC(=NNC(=O)CSc1ncnc2nc[nH]c12)c1ccc([N+](=O)[O-])cc1. The van der Waals surface area contributed by atoms with E-state index in [0.29, 0.717) is 27.5 Å². The summed E-state index contributed by atoms with van der Waals surface area (Å²) in [5, 5.41) is 15.3. The molecular formula is C15H13N7O3S. The largest absolute Gasteiger partial charge is 0.341 e. The first-order chi connectivity index (χ1) is 12.5. The van der Waals surface area contributed by atoms with E-state index in [4.69, 9.17) is 0 Å². The van der Waals surface area contributed by atoms with Crippen molar-refractivity contribution in [1.29, 1.82) is 0 Å². The van der Waals surface area contributed by atoms with Crippen molar-refractivity contribution >= 4 is 40.2 Å². The number of hydrazone groups is 1. The number of nitro benzene ring substituents is 1. The molecule has 2 N–H and O–H groups in total. The molecule has 0 radical (unpaired) electrons. The summed E-state index contributed by atoms with van der Waals surface area (Å²) in [6.45, 7) is 1.70. The number of hydrogen-bond acceptors (Lipinski definition) is 8. The van der Waals surface area contributed by atoms with E-state index < -0.39 is 4.92 Å². The van der Waals surface area contributed by atoms with Gasteiger partial charge in [0.1, 0.15) is 16.9 Å². The summed E-state index contributed by atoms with van der Waals surface area (Å²) < 4.78 is 0. The van der Waals surface area contributed by atoms with Crippen LogP contribution in [0, 0.1) is 10.1 Å². The molecule has 0 unspecified atom stereocenters. The van der Waals surface area contributed by atoms with Crippen molar-refractivity contribution in [2.24, 2.45) is 5.10 Å². The van der Waals surface area contributed by atoms with E-state index >= 15 is 0 Å². The van der Waals surface area contributed by atoms with Gasteiger partial charge in [0.05, 0.1) is 22.7 Å². The molecule has 1 aromatic carbocycles. The molecule has 132 valence electrons. The zero-order valence-electron chi connectivity index (χ0n) is 13.5. The topological polar surface area (TPSA) is 139 Å². The molecule has 3 aromatic rings. The lowest BCUT2D eigenvalue weighted by Gasteiger charge is -2.03. The number of rotatable bonds is 6. The maximum absolute atomic E-state index is 12.0. The minimum atomic E-state index is -0.473. The van der Waals surface area contributed by atoms with E-state index in [2.05, 4.69) is 30.5 Å². The molecule has 3 rings (SSSR count). The van der Waals surface area contributed by atoms with Crippen LogP contribution < -0.4 is 5.43 Å². The van der Waals surface area contributed by atoms with Gasteiger partial charge in [-0.05, 0) is 24.6 Å². The lowest BCUT2D eigenvalue weighted by molar-refractivity contribution is -0.384. The van der Waals surface area contributed by atoms with Crippen molar-refractivity contribution in [3.8, 4) is 0 Å². The van der Waals surface area contributed by atoms with Crippen molar-refractivity contribution in [3.05, 3.63) is 52.6 Å². The number of nitrogens with one attached hydrogen (secondary N) is 2. The Balaban J connectivity index is 1.58. The van der Waals surface area contributed by atoms with E-state index in [9.17, 15) is 14.9 Å². The zero-order valence-corrected chi connectivity index (χ0v) is 14.4. The van der Waals surface area contributed by atoms with E-state index in [1.165, 1.54) is 36.5 Å². The number of carbonyl (C=O) groups is 1. The Labute approximate surface area is 151 Å². The van der Waals surface area contributed by atoms with Crippen LogP contribution in [0.4, 0.5) is 5.69 Å². The van der Waals surface area contributed by atoms with E-state index in [1.54, 1.807) is 19.1 Å². The number of aromatic amines is 1. The van der Waals surface area contributed by atoms with Gasteiger partial charge < -0.3 is 4.98 Å². The maximum atomic E-state index is 12.0. The Morgan fingerprint density at radius 3 is 2.81 bits per heavy atom. The monoisotopic (exact) mass is 371 g/mol. The Hall–Kier alpha value is -3.34. The Morgan fingerprint density at radius 2 is 2.08 bits per heavy atom. The molecule has 2 heterocycles. The van der Waals surface area contributed by atoms with Crippen LogP contribution >= 0.6 is 11.8 Å². The highest BCUT2D eigenvalue weighted by molar-refractivity contribution is 8.00. The van der Waals surface area contributed by atoms with Crippen LogP contribution in [0.3, 0.4) is 0 Å². The minimum absolute atomic E-state index is 0.00282. The van der Waals surface area contributed by atoms with Gasteiger partial charge in [0.25, 0.3) is 5.69 Å². The molecule has 0 bridgehead atoms. The Kier molecular flexibility index (Phi) is 5.17. The second kappa shape index (κ2) is 7.70. The van der Waals surface area contributed by atoms with E-state index in [0.717, 1.165) is 0 Å². The van der Waals surface area contributed by atoms with Gasteiger partial charge in [0.2, 0.25) is 5.91 Å². The smallest absolute Gasteiger partial charge is 0.269 e. The van der Waals surface area contributed by atoms with Crippen LogP contribution in [0.15, 0.2) is 47.0 Å². The van der Waals surface area contributed by atoms with Gasteiger partial charge in [-0.3, -0.25) is 14.9 Å². The standard InChI is InChI=1S/C15H13N7O3S/c1-9(10-2-4-11(5-3-10)22(24)25)20-21-12(23)6-26-15-13-14(17-7-16-13)18-8-19-15/h2-5,7-8H,6H2,1H3,(H,21,23)(H,16,17,18,19). The molecule has 11 heteroatoms. The summed E-state index contributed by atoms with van der Waals surface area (Å²) in [5.41, 5.74) is 4.88. The predicted molar refractivity (Wildman–Crippen MR) is 95.9 cm³/mol. The number of aromatic nitrogens is 4. The molecular weight excluding hydrogens is 358 g/mol. The number of hydrogen-bond donors (Lipinski definition) is 2. The average molecular weight is 371 g/mol. The number of non-ortho nitro benzene ring substituents is 1. The van der Waals surface area contributed by atoms with Gasteiger partial charge in [-0.15, -0.1) is 0 Å². The van der Waals surface area contributed by atoms with Crippen LogP contribution in [-0.4, -0.2) is 42.2 Å². The van der Waals surface area contributed by atoms with Crippen molar-refractivity contribution < 1.29 is 9.72 Å². The van der Waals surface area contributed by atoms with Gasteiger partial charge in [-0.2, -0.15) is 5.10 Å². The number of H-pyrrole nitrogens is 1. The molecule has 1 amide bonds. The second-order valence-electron chi connectivity index (χ2n) is 5.10. The lowest BCUT2D eigenvalue weighted by Crippen LogP contribution is -2.21. The fourth-order valence-corrected chi connectivity index (χ4v) is 2.80. The molecule has 0 atom stereocenters. The van der Waals surface area contributed by atoms with Crippen LogP contribution in [0.2, 0.25) is 0 Å². The number of nitro groups is 1. The van der Waals surface area contributed by atoms with Gasteiger partial charge >= 0.3 is 0 Å². The molecule has 0 aliphatic rings. The van der Waals surface area contributed by atoms with Crippen LogP contribution in [0.25, 0.3) is 11.2 Å². The number of amides is 1. The number of carbonyl (C=O) groups excluding carboxylic acids is 1. The molecule has 2 aromatic heterocycles. The normalized spacial score (nSPS) is 11.5. The van der Waals surface area contributed by atoms with E-state index in [1.807, 2.05) is 0 Å². The molecule has 0 fully saturated rings. The quantitative estimate of drug-likeness (QED) is 0.222. The first kappa shape index (κ1) is 17.5. The molecule has 0 aliphatic carbocycles. The molecule has 0 aliphatic heterocycles. The summed E-state index contributed by atoms with van der Waals surface area (Å²) in [6, 6.07) is 5.93. The van der Waals surface area contributed by atoms with Crippen LogP contribution in [0.1, 0.15) is 12.5 Å². The predicted octanol–water partition coefficient (Wildman–Crippen LogP) is 1.89. The lowest BCUT2D eigenvalue weighted by atomic mass is 10.1. The minimum Gasteiger partial charge on any atom is -0.341 e. The van der Waals surface area contributed by atoms with Crippen molar-refractivity contribution in [2.75, 3.05) is 5.75 Å².